The second-order valence-corrected chi connectivity index (χ2v) is 7.94. The number of hydrogen-bond donors (Lipinski definition) is 1. The molecule has 138 valence electrons. The summed E-state index contributed by atoms with van der Waals surface area (Å²) >= 11 is 7.81. The third kappa shape index (κ3) is 3.25. The number of quaternary nitrogens is 1. The third-order valence-electron chi connectivity index (χ3n) is 4.65. The van der Waals surface area contributed by atoms with Crippen LogP contribution in [0.5, 0.6) is 0 Å². The van der Waals surface area contributed by atoms with E-state index in [0.29, 0.717) is 10.8 Å². The van der Waals surface area contributed by atoms with Gasteiger partial charge in [0.2, 0.25) is 0 Å². The lowest BCUT2D eigenvalue weighted by Crippen LogP contribution is -2.83. The molecule has 0 spiro atoms. The zero-order valence-electron chi connectivity index (χ0n) is 14.4. The van der Waals surface area contributed by atoms with Gasteiger partial charge in [0.25, 0.3) is 5.91 Å². The van der Waals surface area contributed by atoms with Gasteiger partial charge in [0, 0.05) is 5.75 Å². The first kappa shape index (κ1) is 18.1. The lowest BCUT2D eigenvalue weighted by molar-refractivity contribution is -0.423. The van der Waals surface area contributed by atoms with Crippen LogP contribution in [0.1, 0.15) is 17.2 Å². The Bertz CT molecular complexity index is 864. The first-order valence-corrected chi connectivity index (χ1v) is 9.98. The van der Waals surface area contributed by atoms with Crippen LogP contribution in [-0.4, -0.2) is 33.9 Å². The largest absolute Gasteiger partial charge is 0.448 e. The van der Waals surface area contributed by atoms with Crippen LogP contribution in [0.2, 0.25) is 0 Å². The minimum Gasteiger partial charge on any atom is -0.448 e. The minimum absolute atomic E-state index is 0.141. The number of rotatable bonds is 4. The van der Waals surface area contributed by atoms with E-state index in [4.69, 9.17) is 16.3 Å². The molecule has 2 heterocycles. The highest BCUT2D eigenvalue weighted by atomic mass is 35.5. The summed E-state index contributed by atoms with van der Waals surface area (Å²) in [7, 11) is 0. The molecule has 0 bridgehead atoms. The number of halogens is 1. The predicted molar refractivity (Wildman–Crippen MR) is 103 cm³/mol. The van der Waals surface area contributed by atoms with E-state index in [9.17, 15) is 9.59 Å². The lowest BCUT2D eigenvalue weighted by atomic mass is 10.0. The molecular formula is C20H18ClN2O3S+. The molecule has 1 amide bonds. The number of benzene rings is 2. The molecular weight excluding hydrogens is 384 g/mol. The van der Waals surface area contributed by atoms with Gasteiger partial charge in [-0.3, -0.25) is 9.69 Å². The molecule has 0 aromatic heterocycles. The Morgan fingerprint density at radius 3 is 2.22 bits per heavy atom. The number of amides is 1. The van der Waals surface area contributed by atoms with Crippen LogP contribution in [0.25, 0.3) is 0 Å². The zero-order valence-corrected chi connectivity index (χ0v) is 16.0. The number of thioether (sulfide) groups is 1. The average Bonchev–Trinajstić information content (AvgIpc) is 2.72. The molecule has 0 aliphatic carbocycles. The van der Waals surface area contributed by atoms with E-state index in [1.807, 2.05) is 60.7 Å². The van der Waals surface area contributed by atoms with Crippen molar-refractivity contribution in [2.45, 2.75) is 17.5 Å². The van der Waals surface area contributed by atoms with E-state index < -0.39 is 12.1 Å². The number of fused-ring (bicyclic) bond motifs is 1. The number of carbonyl (C=O) groups excluding carboxylic acids is 2. The molecule has 27 heavy (non-hydrogen) atoms. The normalized spacial score (nSPS) is 21.7. The van der Waals surface area contributed by atoms with E-state index in [1.165, 1.54) is 16.7 Å². The van der Waals surface area contributed by atoms with Crippen molar-refractivity contribution in [2.75, 3.05) is 5.75 Å². The molecule has 0 saturated carbocycles. The van der Waals surface area contributed by atoms with E-state index in [0.717, 1.165) is 11.1 Å². The minimum atomic E-state index is -0.594. The molecule has 1 saturated heterocycles. The molecule has 2 atom stereocenters. The van der Waals surface area contributed by atoms with Crippen molar-refractivity contribution in [2.24, 2.45) is 0 Å². The van der Waals surface area contributed by atoms with Crippen LogP contribution in [-0.2, 0) is 14.3 Å². The highest BCUT2D eigenvalue weighted by Gasteiger charge is 2.55. The van der Waals surface area contributed by atoms with Gasteiger partial charge in [-0.2, -0.15) is 0 Å². The maximum atomic E-state index is 13.0. The van der Waals surface area contributed by atoms with Gasteiger partial charge >= 0.3 is 5.97 Å². The maximum Gasteiger partial charge on any atom is 0.357 e. The van der Waals surface area contributed by atoms with Gasteiger partial charge in [0.15, 0.2) is 12.1 Å². The molecule has 0 unspecified atom stereocenters. The topological polar surface area (TPSA) is 74.3 Å². The summed E-state index contributed by atoms with van der Waals surface area (Å²) in [6.07, 6.45) is -0.586. The Labute approximate surface area is 166 Å². The number of carbonyl (C=O) groups is 2. The van der Waals surface area contributed by atoms with Crippen molar-refractivity contribution in [1.82, 2.24) is 4.90 Å². The molecule has 5 nitrogen and oxygen atoms in total. The Hall–Kier alpha value is -2.28. The first-order chi connectivity index (χ1) is 13.1. The van der Waals surface area contributed by atoms with E-state index in [2.05, 4.69) is 5.73 Å². The fraction of sp³-hybridized carbons (Fsp3) is 0.200. The zero-order chi connectivity index (χ0) is 19.0. The number of ether oxygens (including phenoxy) is 1. The summed E-state index contributed by atoms with van der Waals surface area (Å²) in [5.41, 5.74) is 5.69. The summed E-state index contributed by atoms with van der Waals surface area (Å²) in [6, 6.07) is 18.6. The van der Waals surface area contributed by atoms with Crippen LogP contribution in [0.15, 0.2) is 71.4 Å². The van der Waals surface area contributed by atoms with Crippen molar-refractivity contribution >= 4 is 35.2 Å². The van der Waals surface area contributed by atoms with Crippen LogP contribution in [0, 0.1) is 0 Å². The Kier molecular flexibility index (Phi) is 4.95. The molecule has 2 aliphatic heterocycles. The summed E-state index contributed by atoms with van der Waals surface area (Å²) in [5, 5.41) is 0.177. The van der Waals surface area contributed by atoms with Crippen molar-refractivity contribution in [3.8, 4) is 0 Å². The van der Waals surface area contributed by atoms with Crippen molar-refractivity contribution in [1.29, 1.82) is 0 Å². The van der Waals surface area contributed by atoms with Gasteiger partial charge in [-0.15, -0.1) is 11.8 Å². The number of esters is 1. The highest BCUT2D eigenvalue weighted by molar-refractivity contribution is 8.00. The van der Waals surface area contributed by atoms with Gasteiger partial charge < -0.3 is 10.5 Å². The fourth-order valence-corrected chi connectivity index (χ4v) is 4.78. The van der Waals surface area contributed by atoms with Crippen LogP contribution >= 0.6 is 23.4 Å². The van der Waals surface area contributed by atoms with Gasteiger partial charge in [-0.05, 0) is 11.1 Å². The van der Waals surface area contributed by atoms with E-state index in [1.54, 1.807) is 0 Å². The van der Waals surface area contributed by atoms with Crippen molar-refractivity contribution < 1.29 is 20.1 Å². The quantitative estimate of drug-likeness (QED) is 0.630. The lowest BCUT2D eigenvalue weighted by Gasteiger charge is -2.45. The molecule has 2 aromatic rings. The second-order valence-electron chi connectivity index (χ2n) is 6.38. The molecule has 1 fully saturated rings. The SMILES string of the molecule is [NH3+][C@@H]1C(=O)N2C(C(=O)OC(c3ccccc3)c3ccccc3)=C(Cl)CS[C@H]12. The third-order valence-corrected chi connectivity index (χ3v) is 6.46. The van der Waals surface area contributed by atoms with E-state index >= 15 is 0 Å². The monoisotopic (exact) mass is 401 g/mol. The number of β-lactam (4-membered cyclic amide) rings is 1. The molecule has 0 radical (unpaired) electrons. The average molecular weight is 402 g/mol. The Morgan fingerprint density at radius 2 is 1.67 bits per heavy atom. The van der Waals surface area contributed by atoms with Crippen LogP contribution in [0.3, 0.4) is 0 Å². The first-order valence-electron chi connectivity index (χ1n) is 8.55. The van der Waals surface area contributed by atoms with Crippen molar-refractivity contribution in [3.63, 3.8) is 0 Å². The van der Waals surface area contributed by atoms with Crippen molar-refractivity contribution in [3.05, 3.63) is 82.5 Å². The number of nitrogens with zero attached hydrogens (tertiary/aromatic N) is 1. The Morgan fingerprint density at radius 1 is 1.11 bits per heavy atom. The Balaban J connectivity index is 1.65. The summed E-state index contributed by atoms with van der Waals surface area (Å²) in [6.45, 7) is 0. The summed E-state index contributed by atoms with van der Waals surface area (Å²) in [4.78, 5) is 26.7. The highest BCUT2D eigenvalue weighted by Crippen LogP contribution is 2.41. The van der Waals surface area contributed by atoms with Gasteiger partial charge in [-0.1, -0.05) is 72.3 Å². The molecule has 3 N–H and O–H groups in total. The smallest absolute Gasteiger partial charge is 0.357 e. The van der Waals surface area contributed by atoms with Gasteiger partial charge in [0.05, 0.1) is 5.03 Å². The standard InChI is InChI=1S/C20H17ClN2O3S/c21-14-11-27-19-15(22)18(24)23(19)16(14)20(25)26-17(12-7-3-1-4-8-12)13-9-5-2-6-10-13/h1-10,15,17,19H,11,22H2/p+1/t15-,19-/m1/s1. The predicted octanol–water partition coefficient (Wildman–Crippen LogP) is 2.30. The van der Waals surface area contributed by atoms with Crippen LogP contribution < -0.4 is 5.73 Å². The molecule has 2 aromatic carbocycles. The number of hydrogen-bond acceptors (Lipinski definition) is 4. The fourth-order valence-electron chi connectivity index (χ4n) is 3.27. The molecule has 2 aliphatic rings. The summed E-state index contributed by atoms with van der Waals surface area (Å²) < 4.78 is 5.86. The van der Waals surface area contributed by atoms with E-state index in [-0.39, 0.29) is 23.0 Å². The molecule has 4 rings (SSSR count). The molecule has 7 heteroatoms. The summed E-state index contributed by atoms with van der Waals surface area (Å²) in [5.74, 6) is -0.329. The van der Waals surface area contributed by atoms with Gasteiger partial charge in [0.1, 0.15) is 11.1 Å². The van der Waals surface area contributed by atoms with Gasteiger partial charge in [-0.25, -0.2) is 4.79 Å². The van der Waals surface area contributed by atoms with Crippen LogP contribution in [0.4, 0.5) is 0 Å². The second kappa shape index (κ2) is 7.38. The maximum absolute atomic E-state index is 13.0.